The van der Waals surface area contributed by atoms with Crippen molar-refractivity contribution in [1.29, 1.82) is 0 Å². The molecule has 1 aromatic heterocycles. The van der Waals surface area contributed by atoms with E-state index in [1.54, 1.807) is 0 Å². The number of nitrogens with zero attached hydrogens (tertiary/aromatic N) is 4. The Morgan fingerprint density at radius 3 is 2.33 bits per heavy atom. The molecule has 0 bridgehead atoms. The van der Waals surface area contributed by atoms with Gasteiger partial charge in [0.2, 0.25) is 0 Å². The van der Waals surface area contributed by atoms with E-state index in [2.05, 4.69) is 70.2 Å². The summed E-state index contributed by atoms with van der Waals surface area (Å²) in [4.78, 5) is 11.4. The predicted octanol–water partition coefficient (Wildman–Crippen LogP) is 2.47. The number of piperazine rings is 1. The molecule has 1 fully saturated rings. The van der Waals surface area contributed by atoms with Crippen molar-refractivity contribution in [3.8, 4) is 0 Å². The van der Waals surface area contributed by atoms with Gasteiger partial charge in [0.1, 0.15) is 5.82 Å². The van der Waals surface area contributed by atoms with Crippen LogP contribution >= 0.6 is 0 Å². The van der Waals surface area contributed by atoms with Crippen LogP contribution in [0.25, 0.3) is 0 Å². The summed E-state index contributed by atoms with van der Waals surface area (Å²) < 4.78 is 0. The molecule has 1 aromatic carbocycles. The maximum atomic E-state index is 4.44. The predicted molar refractivity (Wildman–Crippen MR) is 89.4 cm³/mol. The topological polar surface area (TPSA) is 22.6 Å². The molecule has 21 heavy (non-hydrogen) atoms. The molecule has 4 heteroatoms. The van der Waals surface area contributed by atoms with E-state index >= 15 is 0 Å². The third-order valence-corrected chi connectivity index (χ3v) is 3.96. The van der Waals surface area contributed by atoms with E-state index in [1.807, 2.05) is 12.3 Å². The Kier molecular flexibility index (Phi) is 3.95. The Balaban J connectivity index is 1.67. The largest absolute Gasteiger partial charge is 0.378 e. The molecular weight excluding hydrogens is 260 g/mol. The van der Waals surface area contributed by atoms with Crippen molar-refractivity contribution < 1.29 is 0 Å². The molecule has 0 amide bonds. The first-order chi connectivity index (χ1) is 10.2. The summed E-state index contributed by atoms with van der Waals surface area (Å²) >= 11 is 0. The molecule has 2 heterocycles. The molecule has 0 radical (unpaired) electrons. The van der Waals surface area contributed by atoms with Crippen molar-refractivity contribution in [1.82, 2.24) is 4.98 Å². The first-order valence-electron chi connectivity index (χ1n) is 7.42. The van der Waals surface area contributed by atoms with E-state index in [4.69, 9.17) is 0 Å². The highest BCUT2D eigenvalue weighted by atomic mass is 15.3. The summed E-state index contributed by atoms with van der Waals surface area (Å²) in [5.41, 5.74) is 2.56. The van der Waals surface area contributed by atoms with Crippen LogP contribution in [0.3, 0.4) is 0 Å². The summed E-state index contributed by atoms with van der Waals surface area (Å²) in [5, 5.41) is 0. The Morgan fingerprint density at radius 2 is 1.67 bits per heavy atom. The van der Waals surface area contributed by atoms with E-state index < -0.39 is 0 Å². The van der Waals surface area contributed by atoms with Crippen LogP contribution in [-0.4, -0.2) is 45.3 Å². The lowest BCUT2D eigenvalue weighted by Crippen LogP contribution is -2.46. The van der Waals surface area contributed by atoms with E-state index in [-0.39, 0.29) is 0 Å². The average Bonchev–Trinajstić information content (AvgIpc) is 2.56. The molecule has 0 aliphatic carbocycles. The molecule has 0 saturated carbocycles. The van der Waals surface area contributed by atoms with Gasteiger partial charge in [-0.15, -0.1) is 0 Å². The lowest BCUT2D eigenvalue weighted by molar-refractivity contribution is 0.647. The van der Waals surface area contributed by atoms with Crippen LogP contribution in [0.4, 0.5) is 17.2 Å². The van der Waals surface area contributed by atoms with Crippen molar-refractivity contribution in [2.45, 2.75) is 0 Å². The zero-order valence-electron chi connectivity index (χ0n) is 12.7. The van der Waals surface area contributed by atoms with Crippen LogP contribution in [-0.2, 0) is 0 Å². The number of rotatable bonds is 3. The van der Waals surface area contributed by atoms with Crippen molar-refractivity contribution in [3.05, 3.63) is 48.7 Å². The van der Waals surface area contributed by atoms with Gasteiger partial charge in [0.05, 0.1) is 0 Å². The molecule has 110 valence electrons. The van der Waals surface area contributed by atoms with E-state index in [1.165, 1.54) is 11.4 Å². The van der Waals surface area contributed by atoms with Gasteiger partial charge >= 0.3 is 0 Å². The van der Waals surface area contributed by atoms with E-state index in [9.17, 15) is 0 Å². The van der Waals surface area contributed by atoms with Gasteiger partial charge in [-0.3, -0.25) is 0 Å². The zero-order chi connectivity index (χ0) is 14.7. The van der Waals surface area contributed by atoms with Crippen LogP contribution in [0.5, 0.6) is 0 Å². The normalized spacial score (nSPS) is 15.1. The lowest BCUT2D eigenvalue weighted by atomic mass is 10.2. The molecule has 0 spiro atoms. The second-order valence-corrected chi connectivity index (χ2v) is 5.58. The molecule has 4 nitrogen and oxygen atoms in total. The summed E-state index contributed by atoms with van der Waals surface area (Å²) in [5.74, 6) is 1.08. The van der Waals surface area contributed by atoms with Crippen LogP contribution in [0.2, 0.25) is 0 Å². The Morgan fingerprint density at radius 1 is 0.905 bits per heavy atom. The summed E-state index contributed by atoms with van der Waals surface area (Å²) in [7, 11) is 4.16. The van der Waals surface area contributed by atoms with E-state index in [0.29, 0.717) is 0 Å². The standard InChI is InChI=1S/C17H22N4/c1-19(2)15-6-5-7-16(14-15)20-10-12-21(13-11-20)17-8-3-4-9-18-17/h3-9,14H,10-13H2,1-2H3. The molecule has 1 aliphatic heterocycles. The number of pyridine rings is 1. The fraction of sp³-hybridized carbons (Fsp3) is 0.353. The molecule has 0 N–H and O–H groups in total. The number of benzene rings is 1. The minimum atomic E-state index is 1.02. The highest BCUT2D eigenvalue weighted by molar-refractivity contribution is 5.59. The Labute approximate surface area is 126 Å². The first kappa shape index (κ1) is 13.7. The monoisotopic (exact) mass is 282 g/mol. The number of anilines is 3. The van der Waals surface area contributed by atoms with Gasteiger partial charge in [0.25, 0.3) is 0 Å². The fourth-order valence-electron chi connectivity index (χ4n) is 2.70. The second kappa shape index (κ2) is 6.04. The van der Waals surface area contributed by atoms with Crippen LogP contribution in [0.1, 0.15) is 0 Å². The van der Waals surface area contributed by atoms with Gasteiger partial charge in [-0.1, -0.05) is 12.1 Å². The number of hydrogen-bond acceptors (Lipinski definition) is 4. The van der Waals surface area contributed by atoms with Gasteiger partial charge in [0, 0.05) is 57.8 Å². The maximum Gasteiger partial charge on any atom is 0.128 e. The highest BCUT2D eigenvalue weighted by Gasteiger charge is 2.18. The molecular formula is C17H22N4. The summed E-state index contributed by atoms with van der Waals surface area (Å²) in [6, 6.07) is 14.8. The minimum Gasteiger partial charge on any atom is -0.378 e. The highest BCUT2D eigenvalue weighted by Crippen LogP contribution is 2.23. The van der Waals surface area contributed by atoms with Crippen LogP contribution in [0, 0.1) is 0 Å². The first-order valence-corrected chi connectivity index (χ1v) is 7.42. The zero-order valence-corrected chi connectivity index (χ0v) is 12.7. The van der Waals surface area contributed by atoms with Gasteiger partial charge in [-0.25, -0.2) is 4.98 Å². The molecule has 0 atom stereocenters. The Bertz CT molecular complexity index is 574. The maximum absolute atomic E-state index is 4.44. The summed E-state index contributed by atoms with van der Waals surface area (Å²) in [6.07, 6.45) is 1.86. The fourth-order valence-corrected chi connectivity index (χ4v) is 2.70. The quantitative estimate of drug-likeness (QED) is 0.862. The third-order valence-electron chi connectivity index (χ3n) is 3.96. The lowest BCUT2D eigenvalue weighted by Gasteiger charge is -2.37. The van der Waals surface area contributed by atoms with Gasteiger partial charge < -0.3 is 14.7 Å². The van der Waals surface area contributed by atoms with Crippen molar-refractivity contribution >= 4 is 17.2 Å². The minimum absolute atomic E-state index is 1.02. The van der Waals surface area contributed by atoms with Crippen molar-refractivity contribution in [2.75, 3.05) is 55.0 Å². The van der Waals surface area contributed by atoms with Gasteiger partial charge in [-0.05, 0) is 30.3 Å². The Hall–Kier alpha value is -2.23. The summed E-state index contributed by atoms with van der Waals surface area (Å²) in [6.45, 7) is 4.10. The van der Waals surface area contributed by atoms with Gasteiger partial charge in [0.15, 0.2) is 0 Å². The molecule has 0 unspecified atom stereocenters. The average molecular weight is 282 g/mol. The van der Waals surface area contributed by atoms with E-state index in [0.717, 1.165) is 32.0 Å². The second-order valence-electron chi connectivity index (χ2n) is 5.58. The third kappa shape index (κ3) is 3.10. The molecule has 1 aliphatic rings. The molecule has 2 aromatic rings. The van der Waals surface area contributed by atoms with Crippen LogP contribution < -0.4 is 14.7 Å². The smallest absolute Gasteiger partial charge is 0.128 e. The number of hydrogen-bond donors (Lipinski definition) is 0. The molecule has 1 saturated heterocycles. The van der Waals surface area contributed by atoms with Crippen LogP contribution in [0.15, 0.2) is 48.7 Å². The van der Waals surface area contributed by atoms with Crippen molar-refractivity contribution in [2.24, 2.45) is 0 Å². The van der Waals surface area contributed by atoms with Gasteiger partial charge in [-0.2, -0.15) is 0 Å². The molecule has 3 rings (SSSR count). The number of aromatic nitrogens is 1. The van der Waals surface area contributed by atoms with Crippen molar-refractivity contribution in [3.63, 3.8) is 0 Å². The SMILES string of the molecule is CN(C)c1cccc(N2CCN(c3ccccn3)CC2)c1.